The third-order valence-corrected chi connectivity index (χ3v) is 0. The van der Waals surface area contributed by atoms with E-state index in [-0.39, 0.29) is 84.3 Å². The van der Waals surface area contributed by atoms with Crippen molar-refractivity contribution < 1.29 is 72.3 Å². The van der Waals surface area contributed by atoms with E-state index in [1.165, 1.54) is 0 Å². The van der Waals surface area contributed by atoms with Gasteiger partial charge in [-0.05, 0) is 0 Å². The molecule has 113 valence electrons. The van der Waals surface area contributed by atoms with Crippen molar-refractivity contribution in [3.63, 3.8) is 0 Å². The average Bonchev–Trinajstić information content (AvgIpc) is 0.722. The van der Waals surface area contributed by atoms with Gasteiger partial charge in [-0.1, -0.05) is 0 Å². The molecule has 0 fully saturated rings. The van der Waals surface area contributed by atoms with Gasteiger partial charge in [0.1, 0.15) is 0 Å². The Balaban J connectivity index is -0.00000000145. The summed E-state index contributed by atoms with van der Waals surface area (Å²) in [6, 6.07) is 0. The topological polar surface area (TPSA) is 390 Å². The van der Waals surface area contributed by atoms with Crippen LogP contribution in [-0.4, -0.2) is 102 Å². The molecule has 0 rings (SSSR count). The van der Waals surface area contributed by atoms with E-state index < -0.39 is 10.4 Å². The largest absolute Gasteiger partial charge is 0.412 e. The molecule has 0 atom stereocenters. The molecule has 0 spiro atoms. The first-order valence-electron chi connectivity index (χ1n) is 0.698. The Hall–Kier alpha value is 0.470. The monoisotopic (exact) mass is 301 g/mol. The second-order valence-corrected chi connectivity index (χ2v) is 1.34. The summed E-state index contributed by atoms with van der Waals surface area (Å²) in [5, 5.41) is 0. The van der Waals surface area contributed by atoms with Gasteiger partial charge in [-0.3, -0.25) is 9.11 Å². The zero-order valence-corrected chi connectivity index (χ0v) is 10.9. The molecule has 14 nitrogen and oxygen atoms in total. The van der Waals surface area contributed by atoms with Crippen molar-refractivity contribution >= 4 is 40.0 Å². The predicted octanol–water partition coefficient (Wildman–Crippen LogP) is -9.28. The maximum absolute atomic E-state index is 8.74. The minimum absolute atomic E-state index is 0. The Labute approximate surface area is 112 Å². The van der Waals surface area contributed by atoms with Crippen LogP contribution in [-0.2, 0) is 10.4 Å². The minimum Gasteiger partial charge on any atom is -0.412 e. The van der Waals surface area contributed by atoms with Gasteiger partial charge < -0.3 is 54.8 Å². The zero-order valence-electron chi connectivity index (χ0n) is 8.12. The van der Waals surface area contributed by atoms with Crippen LogP contribution in [0.2, 0.25) is 0 Å². The molecule has 0 saturated carbocycles. The van der Waals surface area contributed by atoms with Crippen LogP contribution in [0.5, 0.6) is 0 Å². The molecule has 0 bridgehead atoms. The third-order valence-electron chi connectivity index (χ3n) is 0. The van der Waals surface area contributed by atoms with E-state index in [0.717, 1.165) is 0 Å². The van der Waals surface area contributed by atoms with Gasteiger partial charge in [-0.15, -0.1) is 0 Å². The molecule has 0 aromatic carbocycles. The molecular formula is H22NaO14S. The van der Waals surface area contributed by atoms with E-state index in [2.05, 4.69) is 0 Å². The standard InChI is InChI=1S/Na.H2O4S.10H2O/c;1-5(2,3)4;;;;;;;;;;/h;(H2,1,2,3,4);10*1H2. The average molecular weight is 301 g/mol. The summed E-state index contributed by atoms with van der Waals surface area (Å²) in [7, 11) is -4.67. The van der Waals surface area contributed by atoms with Crippen LogP contribution in [0.1, 0.15) is 0 Å². The summed E-state index contributed by atoms with van der Waals surface area (Å²) >= 11 is 0. The van der Waals surface area contributed by atoms with Gasteiger partial charge in [0.05, 0.1) is 0 Å². The van der Waals surface area contributed by atoms with E-state index in [4.69, 9.17) is 17.5 Å². The normalized spacial score (nSPS) is 3.62. The summed E-state index contributed by atoms with van der Waals surface area (Å²) in [6.07, 6.45) is 0. The van der Waals surface area contributed by atoms with Crippen molar-refractivity contribution in [1.82, 2.24) is 0 Å². The number of hydrogen-bond donors (Lipinski definition) is 2. The summed E-state index contributed by atoms with van der Waals surface area (Å²) in [5.74, 6) is 0. The fourth-order valence-electron chi connectivity index (χ4n) is 0. The summed E-state index contributed by atoms with van der Waals surface area (Å²) < 4.78 is 31.6. The first-order chi connectivity index (χ1) is 2.00. The molecule has 0 saturated heterocycles. The van der Waals surface area contributed by atoms with Crippen LogP contribution in [0.15, 0.2) is 0 Å². The maximum Gasteiger partial charge on any atom is 0.394 e. The Morgan fingerprint density at radius 1 is 0.500 bits per heavy atom. The van der Waals surface area contributed by atoms with Gasteiger partial charge in [0.15, 0.2) is 0 Å². The second-order valence-electron chi connectivity index (χ2n) is 0.448. The fourth-order valence-corrected chi connectivity index (χ4v) is 0. The van der Waals surface area contributed by atoms with Crippen molar-refractivity contribution in [1.29, 1.82) is 0 Å². The molecule has 0 aliphatic carbocycles. The van der Waals surface area contributed by atoms with E-state index in [0.29, 0.717) is 0 Å². The van der Waals surface area contributed by atoms with Crippen molar-refractivity contribution in [3.8, 4) is 0 Å². The van der Waals surface area contributed by atoms with E-state index in [9.17, 15) is 0 Å². The Kier molecular flexibility index (Phi) is 954. The van der Waals surface area contributed by atoms with Crippen molar-refractivity contribution in [3.05, 3.63) is 0 Å². The predicted molar refractivity (Wildman–Crippen MR) is 56.1 cm³/mol. The van der Waals surface area contributed by atoms with Crippen LogP contribution in [0.4, 0.5) is 0 Å². The first-order valence-corrected chi connectivity index (χ1v) is 2.10. The molecule has 1 radical (unpaired) electrons. The molecule has 16 heavy (non-hydrogen) atoms. The quantitative estimate of drug-likeness (QED) is 0.324. The van der Waals surface area contributed by atoms with Gasteiger partial charge >= 0.3 is 10.4 Å². The summed E-state index contributed by atoms with van der Waals surface area (Å²) in [5.41, 5.74) is 0. The van der Waals surface area contributed by atoms with Gasteiger partial charge in [0.25, 0.3) is 0 Å². The van der Waals surface area contributed by atoms with Gasteiger partial charge in [0.2, 0.25) is 0 Å². The maximum atomic E-state index is 8.74. The molecule has 22 N–H and O–H groups in total. The third kappa shape index (κ3) is 11900. The van der Waals surface area contributed by atoms with Crippen LogP contribution in [0.3, 0.4) is 0 Å². The number of rotatable bonds is 0. The van der Waals surface area contributed by atoms with Crippen LogP contribution in [0, 0.1) is 0 Å². The molecule has 16 heteroatoms. The number of hydrogen-bond acceptors (Lipinski definition) is 2. The Morgan fingerprint density at radius 3 is 0.500 bits per heavy atom. The van der Waals surface area contributed by atoms with Crippen LogP contribution in [0.25, 0.3) is 0 Å². The Morgan fingerprint density at radius 2 is 0.500 bits per heavy atom. The molecule has 0 aliphatic rings. The van der Waals surface area contributed by atoms with Crippen LogP contribution < -0.4 is 0 Å². The molecule has 0 amide bonds. The smallest absolute Gasteiger partial charge is 0.394 e. The van der Waals surface area contributed by atoms with Crippen molar-refractivity contribution in [2.24, 2.45) is 0 Å². The SMILES string of the molecule is O.O.O.O.O.O.O.O.O.O.O=S(=O)(O)O.[Na]. The van der Waals surface area contributed by atoms with Gasteiger partial charge in [-0.25, -0.2) is 0 Å². The minimum atomic E-state index is -4.67. The first kappa shape index (κ1) is 197. The van der Waals surface area contributed by atoms with Crippen molar-refractivity contribution in [2.45, 2.75) is 0 Å². The van der Waals surface area contributed by atoms with E-state index in [1.807, 2.05) is 0 Å². The second kappa shape index (κ2) is 77.4. The van der Waals surface area contributed by atoms with Gasteiger partial charge in [-0.2, -0.15) is 8.42 Å². The van der Waals surface area contributed by atoms with E-state index >= 15 is 0 Å². The van der Waals surface area contributed by atoms with E-state index in [1.54, 1.807) is 0 Å². The fraction of sp³-hybridized carbons (Fsp3) is 0. The van der Waals surface area contributed by atoms with Crippen molar-refractivity contribution in [2.75, 3.05) is 0 Å². The molecule has 0 aromatic rings. The van der Waals surface area contributed by atoms with Crippen LogP contribution >= 0.6 is 0 Å². The molecule has 0 heterocycles. The summed E-state index contributed by atoms with van der Waals surface area (Å²) in [4.78, 5) is 0. The summed E-state index contributed by atoms with van der Waals surface area (Å²) in [6.45, 7) is 0. The molecule has 0 unspecified atom stereocenters. The molecule has 0 aliphatic heterocycles. The molecular weight excluding hydrogens is 279 g/mol. The zero-order chi connectivity index (χ0) is 4.50. The van der Waals surface area contributed by atoms with Gasteiger partial charge in [0, 0.05) is 29.6 Å². The molecule has 0 aromatic heterocycles. The Bertz CT molecular complexity index is 93.9.